The van der Waals surface area contributed by atoms with E-state index in [9.17, 15) is 9.90 Å². The summed E-state index contributed by atoms with van der Waals surface area (Å²) in [5.74, 6) is -0.0168. The van der Waals surface area contributed by atoms with Crippen LogP contribution in [-0.2, 0) is 0 Å². The van der Waals surface area contributed by atoms with Gasteiger partial charge in [0.2, 0.25) is 0 Å². The number of carbonyl (C=O) groups is 1. The SMILES string of the molecule is CC1(C)C(O)CC1NC(=O)c1cccn1C1CC1. The first-order valence-electron chi connectivity index (χ1n) is 6.66. The molecule has 2 fully saturated rings. The first kappa shape index (κ1) is 11.8. The second-order valence-electron chi connectivity index (χ2n) is 6.13. The van der Waals surface area contributed by atoms with Crippen molar-refractivity contribution in [2.24, 2.45) is 5.41 Å². The molecule has 1 heterocycles. The Labute approximate surface area is 107 Å². The van der Waals surface area contributed by atoms with Gasteiger partial charge in [0.1, 0.15) is 5.69 Å². The highest BCUT2D eigenvalue weighted by Crippen LogP contribution is 2.41. The number of aromatic nitrogens is 1. The third-order valence-electron chi connectivity index (χ3n) is 4.47. The molecule has 1 amide bonds. The van der Waals surface area contributed by atoms with E-state index in [0.29, 0.717) is 12.5 Å². The zero-order valence-electron chi connectivity index (χ0n) is 10.9. The van der Waals surface area contributed by atoms with Crippen LogP contribution in [0.4, 0.5) is 0 Å². The Bertz CT molecular complexity index is 474. The summed E-state index contributed by atoms with van der Waals surface area (Å²) < 4.78 is 2.07. The minimum absolute atomic E-state index is 0.0168. The standard InChI is InChI=1S/C14H20N2O2/c1-14(2)11(8-12(14)17)15-13(18)10-4-3-7-16(10)9-5-6-9/h3-4,7,9,11-12,17H,5-6,8H2,1-2H3,(H,15,18). The summed E-state index contributed by atoms with van der Waals surface area (Å²) in [4.78, 5) is 12.2. The molecule has 2 aliphatic rings. The number of nitrogens with zero attached hydrogens (tertiary/aromatic N) is 1. The topological polar surface area (TPSA) is 54.3 Å². The smallest absolute Gasteiger partial charge is 0.268 e. The first-order chi connectivity index (χ1) is 8.50. The van der Waals surface area contributed by atoms with Crippen LogP contribution in [0.2, 0.25) is 0 Å². The van der Waals surface area contributed by atoms with Crippen LogP contribution >= 0.6 is 0 Å². The summed E-state index contributed by atoms with van der Waals surface area (Å²) in [6.07, 6.45) is 4.67. The van der Waals surface area contributed by atoms with Gasteiger partial charge in [-0.3, -0.25) is 4.79 Å². The molecule has 0 radical (unpaired) electrons. The average Bonchev–Trinajstić information content (AvgIpc) is 3.06. The summed E-state index contributed by atoms with van der Waals surface area (Å²) in [6, 6.07) is 4.38. The van der Waals surface area contributed by atoms with Crippen molar-refractivity contribution in [2.45, 2.75) is 51.3 Å². The van der Waals surface area contributed by atoms with E-state index in [1.807, 2.05) is 32.2 Å². The molecule has 2 aliphatic carbocycles. The molecule has 4 heteroatoms. The minimum atomic E-state index is -0.307. The van der Waals surface area contributed by atoms with Gasteiger partial charge in [-0.05, 0) is 31.4 Å². The van der Waals surface area contributed by atoms with Crippen LogP contribution in [0.1, 0.15) is 49.6 Å². The van der Waals surface area contributed by atoms with Crippen LogP contribution in [-0.4, -0.2) is 27.7 Å². The fourth-order valence-electron chi connectivity index (χ4n) is 2.64. The number of aliphatic hydroxyl groups is 1. The van der Waals surface area contributed by atoms with Crippen molar-refractivity contribution in [2.75, 3.05) is 0 Å². The molecule has 2 N–H and O–H groups in total. The number of aliphatic hydroxyl groups excluding tert-OH is 1. The van der Waals surface area contributed by atoms with Gasteiger partial charge in [-0.2, -0.15) is 0 Å². The van der Waals surface area contributed by atoms with Gasteiger partial charge in [-0.25, -0.2) is 0 Å². The quantitative estimate of drug-likeness (QED) is 0.855. The predicted octanol–water partition coefficient (Wildman–Crippen LogP) is 1.71. The van der Waals surface area contributed by atoms with Gasteiger partial charge in [0.15, 0.2) is 0 Å². The van der Waals surface area contributed by atoms with Crippen molar-refractivity contribution in [3.8, 4) is 0 Å². The van der Waals surface area contributed by atoms with Gasteiger partial charge in [0, 0.05) is 23.7 Å². The van der Waals surface area contributed by atoms with Crippen LogP contribution in [0.3, 0.4) is 0 Å². The fourth-order valence-corrected chi connectivity index (χ4v) is 2.64. The summed E-state index contributed by atoms with van der Waals surface area (Å²) >= 11 is 0. The number of hydrogen-bond acceptors (Lipinski definition) is 2. The van der Waals surface area contributed by atoms with Crippen molar-refractivity contribution >= 4 is 5.91 Å². The van der Waals surface area contributed by atoms with E-state index in [4.69, 9.17) is 0 Å². The maximum Gasteiger partial charge on any atom is 0.268 e. The lowest BCUT2D eigenvalue weighted by atomic mass is 9.64. The van der Waals surface area contributed by atoms with E-state index in [1.165, 1.54) is 12.8 Å². The molecule has 2 unspecified atom stereocenters. The molecular formula is C14H20N2O2. The molecule has 2 atom stereocenters. The lowest BCUT2D eigenvalue weighted by Gasteiger charge is -2.49. The molecule has 2 saturated carbocycles. The van der Waals surface area contributed by atoms with Crippen molar-refractivity contribution in [1.29, 1.82) is 0 Å². The molecule has 0 aliphatic heterocycles. The maximum atomic E-state index is 12.2. The Kier molecular flexibility index (Phi) is 2.52. The maximum absolute atomic E-state index is 12.2. The summed E-state index contributed by atoms with van der Waals surface area (Å²) in [5, 5.41) is 12.7. The minimum Gasteiger partial charge on any atom is -0.392 e. The Morgan fingerprint density at radius 2 is 2.22 bits per heavy atom. The lowest BCUT2D eigenvalue weighted by Crippen LogP contribution is -2.61. The number of carbonyl (C=O) groups excluding carboxylic acids is 1. The van der Waals surface area contributed by atoms with E-state index < -0.39 is 0 Å². The Balaban J connectivity index is 1.70. The monoisotopic (exact) mass is 248 g/mol. The van der Waals surface area contributed by atoms with Crippen molar-refractivity contribution in [3.05, 3.63) is 24.0 Å². The van der Waals surface area contributed by atoms with E-state index in [2.05, 4.69) is 9.88 Å². The number of nitrogens with one attached hydrogen (secondary N) is 1. The van der Waals surface area contributed by atoms with E-state index >= 15 is 0 Å². The highest BCUT2D eigenvalue weighted by molar-refractivity contribution is 5.93. The molecule has 0 aromatic carbocycles. The Morgan fingerprint density at radius 3 is 2.78 bits per heavy atom. The largest absolute Gasteiger partial charge is 0.392 e. The number of amides is 1. The molecule has 4 nitrogen and oxygen atoms in total. The predicted molar refractivity (Wildman–Crippen MR) is 68.4 cm³/mol. The third-order valence-corrected chi connectivity index (χ3v) is 4.47. The molecule has 0 saturated heterocycles. The summed E-state index contributed by atoms with van der Waals surface area (Å²) in [6.45, 7) is 3.98. The summed E-state index contributed by atoms with van der Waals surface area (Å²) in [7, 11) is 0. The summed E-state index contributed by atoms with van der Waals surface area (Å²) in [5.41, 5.74) is 0.529. The van der Waals surface area contributed by atoms with Gasteiger partial charge in [-0.15, -0.1) is 0 Å². The van der Waals surface area contributed by atoms with Crippen molar-refractivity contribution in [1.82, 2.24) is 9.88 Å². The fraction of sp³-hybridized carbons (Fsp3) is 0.643. The van der Waals surface area contributed by atoms with Crippen LogP contribution in [0.15, 0.2) is 18.3 Å². The van der Waals surface area contributed by atoms with Crippen LogP contribution in [0, 0.1) is 5.41 Å². The first-order valence-corrected chi connectivity index (χ1v) is 6.66. The number of hydrogen-bond donors (Lipinski definition) is 2. The van der Waals surface area contributed by atoms with Gasteiger partial charge in [-0.1, -0.05) is 13.8 Å². The second kappa shape index (κ2) is 3.85. The molecular weight excluding hydrogens is 228 g/mol. The van der Waals surface area contributed by atoms with Crippen LogP contribution in [0.5, 0.6) is 0 Å². The zero-order valence-corrected chi connectivity index (χ0v) is 10.9. The van der Waals surface area contributed by atoms with E-state index in [1.54, 1.807) is 0 Å². The van der Waals surface area contributed by atoms with Crippen LogP contribution in [0.25, 0.3) is 0 Å². The lowest BCUT2D eigenvalue weighted by molar-refractivity contribution is -0.0690. The molecule has 1 aromatic rings. The highest BCUT2D eigenvalue weighted by atomic mass is 16.3. The van der Waals surface area contributed by atoms with Gasteiger partial charge in [0.25, 0.3) is 5.91 Å². The molecule has 0 bridgehead atoms. The van der Waals surface area contributed by atoms with Gasteiger partial charge < -0.3 is 15.0 Å². The van der Waals surface area contributed by atoms with Gasteiger partial charge in [0.05, 0.1) is 6.10 Å². The van der Waals surface area contributed by atoms with Crippen LogP contribution < -0.4 is 5.32 Å². The normalized spacial score (nSPS) is 29.7. The highest BCUT2D eigenvalue weighted by Gasteiger charge is 2.48. The Hall–Kier alpha value is -1.29. The number of rotatable bonds is 3. The van der Waals surface area contributed by atoms with E-state index in [-0.39, 0.29) is 23.5 Å². The molecule has 1 aromatic heterocycles. The molecule has 98 valence electrons. The average molecular weight is 248 g/mol. The molecule has 0 spiro atoms. The molecule has 3 rings (SSSR count). The third kappa shape index (κ3) is 1.75. The molecule has 18 heavy (non-hydrogen) atoms. The Morgan fingerprint density at radius 1 is 1.50 bits per heavy atom. The zero-order chi connectivity index (χ0) is 12.9. The van der Waals surface area contributed by atoms with Gasteiger partial charge >= 0.3 is 0 Å². The van der Waals surface area contributed by atoms with Crippen molar-refractivity contribution < 1.29 is 9.90 Å². The second-order valence-corrected chi connectivity index (χ2v) is 6.13. The van der Waals surface area contributed by atoms with E-state index in [0.717, 1.165) is 5.69 Å². The van der Waals surface area contributed by atoms with Crippen molar-refractivity contribution in [3.63, 3.8) is 0 Å².